The van der Waals surface area contributed by atoms with Crippen molar-refractivity contribution >= 4 is 0 Å². The third-order valence-corrected chi connectivity index (χ3v) is 7.99. The third-order valence-electron chi connectivity index (χ3n) is 7.99. The van der Waals surface area contributed by atoms with E-state index in [2.05, 4.69) is 13.0 Å². The van der Waals surface area contributed by atoms with Gasteiger partial charge in [-0.05, 0) is 79.2 Å². The van der Waals surface area contributed by atoms with Crippen LogP contribution in [0, 0.1) is 11.8 Å². The van der Waals surface area contributed by atoms with Crippen LogP contribution in [0.3, 0.4) is 0 Å². The lowest BCUT2D eigenvalue weighted by Crippen LogP contribution is -2.62. The molecule has 2 aromatic rings. The summed E-state index contributed by atoms with van der Waals surface area (Å²) >= 11 is 0. The Kier molecular flexibility index (Phi) is 3.43. The lowest BCUT2D eigenvalue weighted by atomic mass is 9.48. The molecule has 3 aliphatic carbocycles. The molecular formula is C24H28O3. The Morgan fingerprint density at radius 3 is 2.52 bits per heavy atom. The fourth-order valence-corrected chi connectivity index (χ4v) is 6.53. The molecule has 0 saturated heterocycles. The van der Waals surface area contributed by atoms with Crippen molar-refractivity contribution < 1.29 is 15.3 Å². The van der Waals surface area contributed by atoms with Gasteiger partial charge < -0.3 is 15.3 Å². The highest BCUT2D eigenvalue weighted by Gasteiger charge is 2.67. The molecule has 0 radical (unpaired) electrons. The molecule has 0 aromatic heterocycles. The highest BCUT2D eigenvalue weighted by Crippen LogP contribution is 2.70. The Labute approximate surface area is 160 Å². The van der Waals surface area contributed by atoms with E-state index in [4.69, 9.17) is 0 Å². The molecule has 3 nitrogen and oxygen atoms in total. The minimum absolute atomic E-state index is 0.148. The fourth-order valence-electron chi connectivity index (χ4n) is 6.53. The standard InChI is InChI=1S/C24H28O3/c1-3-23-14-22(2,26)24(27,15-7-5-4-6-8-15)13-21(23)19-12-17(19)18-11-16(25)9-10-20(18)23/h4-11,17,19,21,25-27H,3,12-14H2,1-2H3/t17-,19?,21?,22-,23+,24-/m1/s1. The molecule has 0 heterocycles. The molecule has 3 aliphatic rings. The lowest BCUT2D eigenvalue weighted by molar-refractivity contribution is -0.207. The SMILES string of the molecule is CC[C@@]12C[C@@](C)(O)[C@](O)(c3ccccc3)CC1C1C[C@@H]1c1cc(O)ccc12. The summed E-state index contributed by atoms with van der Waals surface area (Å²) in [6.07, 6.45) is 3.17. The van der Waals surface area contributed by atoms with Crippen LogP contribution in [0.1, 0.15) is 62.1 Å². The number of aromatic hydroxyl groups is 1. The van der Waals surface area contributed by atoms with Crippen LogP contribution in [0.2, 0.25) is 0 Å². The Balaban J connectivity index is 1.67. The maximum atomic E-state index is 11.8. The van der Waals surface area contributed by atoms with Crippen LogP contribution < -0.4 is 0 Å². The molecule has 2 aromatic carbocycles. The van der Waals surface area contributed by atoms with Gasteiger partial charge >= 0.3 is 0 Å². The van der Waals surface area contributed by atoms with Crippen LogP contribution in [0.15, 0.2) is 48.5 Å². The van der Waals surface area contributed by atoms with E-state index in [1.54, 1.807) is 13.0 Å². The number of hydrogen-bond donors (Lipinski definition) is 3. The Morgan fingerprint density at radius 2 is 1.81 bits per heavy atom. The molecule has 2 saturated carbocycles. The van der Waals surface area contributed by atoms with Gasteiger partial charge in [0.25, 0.3) is 0 Å². The van der Waals surface area contributed by atoms with Crippen molar-refractivity contribution in [3.8, 4) is 5.75 Å². The van der Waals surface area contributed by atoms with E-state index >= 15 is 0 Å². The summed E-state index contributed by atoms with van der Waals surface area (Å²) in [5.74, 6) is 1.69. The molecule has 2 fully saturated rings. The van der Waals surface area contributed by atoms with Crippen LogP contribution in [0.5, 0.6) is 5.75 Å². The first-order valence-corrected chi connectivity index (χ1v) is 10.2. The van der Waals surface area contributed by atoms with Gasteiger partial charge in [-0.25, -0.2) is 0 Å². The largest absolute Gasteiger partial charge is 0.508 e. The van der Waals surface area contributed by atoms with E-state index in [9.17, 15) is 15.3 Å². The summed E-state index contributed by atoms with van der Waals surface area (Å²) in [5.41, 5.74) is 0.747. The van der Waals surface area contributed by atoms with Crippen molar-refractivity contribution in [2.45, 2.75) is 62.1 Å². The minimum atomic E-state index is -1.24. The average Bonchev–Trinajstić information content (AvgIpc) is 3.45. The van der Waals surface area contributed by atoms with E-state index in [1.165, 1.54) is 11.1 Å². The Morgan fingerprint density at radius 1 is 1.07 bits per heavy atom. The molecule has 6 atom stereocenters. The zero-order chi connectivity index (χ0) is 19.0. The summed E-state index contributed by atoms with van der Waals surface area (Å²) in [4.78, 5) is 0. The number of phenols is 1. The zero-order valence-corrected chi connectivity index (χ0v) is 16.0. The van der Waals surface area contributed by atoms with Gasteiger partial charge in [0.05, 0.1) is 5.60 Å². The normalized spacial score (nSPS) is 42.0. The Hall–Kier alpha value is -1.84. The summed E-state index contributed by atoms with van der Waals surface area (Å²) in [6.45, 7) is 4.00. The molecule has 2 unspecified atom stereocenters. The second kappa shape index (κ2) is 5.36. The van der Waals surface area contributed by atoms with Gasteiger partial charge in [-0.2, -0.15) is 0 Å². The maximum Gasteiger partial charge on any atom is 0.118 e. The topological polar surface area (TPSA) is 60.7 Å². The second-order valence-corrected chi connectivity index (χ2v) is 9.27. The Bertz CT molecular complexity index is 890. The minimum Gasteiger partial charge on any atom is -0.508 e. The van der Waals surface area contributed by atoms with Crippen LogP contribution in [0.4, 0.5) is 0 Å². The molecule has 27 heavy (non-hydrogen) atoms. The summed E-state index contributed by atoms with van der Waals surface area (Å²) in [7, 11) is 0. The van der Waals surface area contributed by atoms with Gasteiger partial charge in [0.15, 0.2) is 0 Å². The van der Waals surface area contributed by atoms with E-state index in [0.29, 0.717) is 36.3 Å². The second-order valence-electron chi connectivity index (χ2n) is 9.27. The van der Waals surface area contributed by atoms with Gasteiger partial charge in [0, 0.05) is 5.41 Å². The molecule has 0 aliphatic heterocycles. The van der Waals surface area contributed by atoms with Crippen LogP contribution >= 0.6 is 0 Å². The summed E-state index contributed by atoms with van der Waals surface area (Å²) < 4.78 is 0. The van der Waals surface area contributed by atoms with Crippen LogP contribution in [-0.2, 0) is 11.0 Å². The van der Waals surface area contributed by atoms with Gasteiger partial charge in [-0.1, -0.05) is 43.3 Å². The third kappa shape index (κ3) is 2.16. The van der Waals surface area contributed by atoms with Crippen LogP contribution in [-0.4, -0.2) is 20.9 Å². The number of fused-ring (bicyclic) bond motifs is 6. The number of rotatable bonds is 2. The van der Waals surface area contributed by atoms with Crippen LogP contribution in [0.25, 0.3) is 0 Å². The van der Waals surface area contributed by atoms with Crippen molar-refractivity contribution in [2.75, 3.05) is 0 Å². The first-order valence-electron chi connectivity index (χ1n) is 10.2. The summed E-state index contributed by atoms with van der Waals surface area (Å²) in [5, 5.41) is 33.3. The predicted octanol–water partition coefficient (Wildman–Crippen LogP) is 4.21. The predicted molar refractivity (Wildman–Crippen MR) is 105 cm³/mol. The lowest BCUT2D eigenvalue weighted by Gasteiger charge is -2.59. The number of phenolic OH excluding ortho intramolecular Hbond substituents is 1. The monoisotopic (exact) mass is 364 g/mol. The van der Waals surface area contributed by atoms with Crippen molar-refractivity contribution in [2.24, 2.45) is 11.8 Å². The summed E-state index contributed by atoms with van der Waals surface area (Å²) in [6, 6.07) is 15.5. The van der Waals surface area contributed by atoms with Crippen molar-refractivity contribution in [3.05, 3.63) is 65.2 Å². The van der Waals surface area contributed by atoms with Crippen molar-refractivity contribution in [1.29, 1.82) is 0 Å². The molecule has 3 heteroatoms. The van der Waals surface area contributed by atoms with E-state index < -0.39 is 11.2 Å². The fraction of sp³-hybridized carbons (Fsp3) is 0.500. The number of aliphatic hydroxyl groups is 2. The van der Waals surface area contributed by atoms with Crippen molar-refractivity contribution in [3.63, 3.8) is 0 Å². The number of benzene rings is 2. The maximum absolute atomic E-state index is 11.8. The first-order chi connectivity index (χ1) is 12.8. The molecule has 142 valence electrons. The highest BCUT2D eigenvalue weighted by molar-refractivity contribution is 5.50. The molecule has 3 N–H and O–H groups in total. The molecular weight excluding hydrogens is 336 g/mol. The van der Waals surface area contributed by atoms with E-state index in [1.807, 2.05) is 36.4 Å². The van der Waals surface area contributed by atoms with Gasteiger partial charge in [0.2, 0.25) is 0 Å². The van der Waals surface area contributed by atoms with E-state index in [-0.39, 0.29) is 5.41 Å². The zero-order valence-electron chi connectivity index (χ0n) is 16.0. The number of hydrogen-bond acceptors (Lipinski definition) is 3. The quantitative estimate of drug-likeness (QED) is 0.748. The highest BCUT2D eigenvalue weighted by atomic mass is 16.4. The first kappa shape index (κ1) is 17.3. The van der Waals surface area contributed by atoms with Crippen molar-refractivity contribution in [1.82, 2.24) is 0 Å². The van der Waals surface area contributed by atoms with Gasteiger partial charge in [-0.15, -0.1) is 0 Å². The van der Waals surface area contributed by atoms with Gasteiger partial charge in [-0.3, -0.25) is 0 Å². The van der Waals surface area contributed by atoms with Gasteiger partial charge in [0.1, 0.15) is 11.4 Å². The molecule has 0 spiro atoms. The molecule has 0 amide bonds. The van der Waals surface area contributed by atoms with E-state index in [0.717, 1.165) is 18.4 Å². The smallest absolute Gasteiger partial charge is 0.118 e. The molecule has 5 rings (SSSR count). The molecule has 0 bridgehead atoms. The average molecular weight is 364 g/mol.